The first-order valence-electron chi connectivity index (χ1n) is 4.29. The van der Waals surface area contributed by atoms with E-state index >= 15 is 0 Å². The van der Waals surface area contributed by atoms with Crippen LogP contribution in [-0.2, 0) is 0 Å². The van der Waals surface area contributed by atoms with Crippen molar-refractivity contribution in [3.8, 4) is 0 Å². The number of likely N-dealkylation sites (tertiary alicyclic amines) is 1. The van der Waals surface area contributed by atoms with Crippen LogP contribution in [0.3, 0.4) is 0 Å². The SMILES string of the molecule is CN1CCC(c2nncnc2Cl)C1. The number of nitrogens with zero attached hydrogens (tertiary/aromatic N) is 4. The Balaban J connectivity index is 2.21. The van der Waals surface area contributed by atoms with Gasteiger partial charge in [-0.15, -0.1) is 5.10 Å². The molecule has 70 valence electrons. The van der Waals surface area contributed by atoms with Gasteiger partial charge in [-0.2, -0.15) is 5.10 Å². The number of likely N-dealkylation sites (N-methyl/N-ethyl adjacent to an activating group) is 1. The average molecular weight is 199 g/mol. The van der Waals surface area contributed by atoms with Crippen LogP contribution >= 0.6 is 11.6 Å². The fourth-order valence-corrected chi connectivity index (χ4v) is 1.92. The third kappa shape index (κ3) is 1.78. The van der Waals surface area contributed by atoms with Crippen LogP contribution in [0.5, 0.6) is 0 Å². The van der Waals surface area contributed by atoms with Crippen molar-refractivity contribution < 1.29 is 0 Å². The first-order chi connectivity index (χ1) is 6.27. The second-order valence-electron chi connectivity index (χ2n) is 3.38. The van der Waals surface area contributed by atoms with Crippen LogP contribution in [0.25, 0.3) is 0 Å². The molecule has 0 spiro atoms. The third-order valence-electron chi connectivity index (χ3n) is 2.38. The Hall–Kier alpha value is -0.740. The van der Waals surface area contributed by atoms with Crippen molar-refractivity contribution in [1.29, 1.82) is 0 Å². The van der Waals surface area contributed by atoms with Crippen LogP contribution in [0.1, 0.15) is 18.0 Å². The average Bonchev–Trinajstić information content (AvgIpc) is 2.53. The molecule has 1 aliphatic rings. The van der Waals surface area contributed by atoms with E-state index in [-0.39, 0.29) is 0 Å². The summed E-state index contributed by atoms with van der Waals surface area (Å²) in [5.74, 6) is 0.402. The molecule has 1 fully saturated rings. The minimum absolute atomic E-state index is 0.402. The number of rotatable bonds is 1. The molecule has 1 unspecified atom stereocenters. The minimum atomic E-state index is 0.402. The fourth-order valence-electron chi connectivity index (χ4n) is 1.68. The molecule has 5 heteroatoms. The normalized spacial score (nSPS) is 23.7. The van der Waals surface area contributed by atoms with E-state index in [1.807, 2.05) is 0 Å². The van der Waals surface area contributed by atoms with E-state index in [4.69, 9.17) is 11.6 Å². The first-order valence-corrected chi connectivity index (χ1v) is 4.67. The number of aromatic nitrogens is 3. The molecule has 1 atom stereocenters. The van der Waals surface area contributed by atoms with Gasteiger partial charge in [-0.25, -0.2) is 4.98 Å². The van der Waals surface area contributed by atoms with Crippen molar-refractivity contribution in [3.63, 3.8) is 0 Å². The Morgan fingerprint density at radius 2 is 2.46 bits per heavy atom. The molecule has 0 aliphatic carbocycles. The summed E-state index contributed by atoms with van der Waals surface area (Å²) in [6.45, 7) is 2.09. The molecule has 13 heavy (non-hydrogen) atoms. The number of halogens is 1. The van der Waals surface area contributed by atoms with Crippen LogP contribution in [-0.4, -0.2) is 40.2 Å². The molecule has 2 rings (SSSR count). The van der Waals surface area contributed by atoms with Gasteiger partial charge < -0.3 is 4.90 Å². The molecule has 1 aromatic heterocycles. The Labute approximate surface area is 81.9 Å². The maximum Gasteiger partial charge on any atom is 0.154 e. The molecule has 0 amide bonds. The summed E-state index contributed by atoms with van der Waals surface area (Å²) in [7, 11) is 2.09. The van der Waals surface area contributed by atoms with E-state index in [1.165, 1.54) is 6.33 Å². The molecule has 0 N–H and O–H groups in total. The molecule has 0 radical (unpaired) electrons. The zero-order valence-corrected chi connectivity index (χ0v) is 8.20. The van der Waals surface area contributed by atoms with E-state index in [1.54, 1.807) is 0 Å². The summed E-state index contributed by atoms with van der Waals surface area (Å²) in [5.41, 5.74) is 0.841. The molecule has 2 heterocycles. The van der Waals surface area contributed by atoms with Gasteiger partial charge in [-0.1, -0.05) is 11.6 Å². The lowest BCUT2D eigenvalue weighted by Crippen LogP contribution is -2.14. The van der Waals surface area contributed by atoms with Crippen molar-refractivity contribution in [3.05, 3.63) is 17.2 Å². The molecule has 0 aromatic carbocycles. The highest BCUT2D eigenvalue weighted by Gasteiger charge is 2.24. The molecule has 0 saturated carbocycles. The smallest absolute Gasteiger partial charge is 0.154 e. The zero-order valence-electron chi connectivity index (χ0n) is 7.44. The fraction of sp³-hybridized carbons (Fsp3) is 0.625. The Morgan fingerprint density at radius 1 is 1.62 bits per heavy atom. The molecule has 1 aromatic rings. The van der Waals surface area contributed by atoms with Crippen LogP contribution in [0.4, 0.5) is 0 Å². The van der Waals surface area contributed by atoms with E-state index in [0.29, 0.717) is 11.1 Å². The van der Waals surface area contributed by atoms with E-state index < -0.39 is 0 Å². The second kappa shape index (κ2) is 3.55. The van der Waals surface area contributed by atoms with Crippen molar-refractivity contribution in [2.75, 3.05) is 20.1 Å². The topological polar surface area (TPSA) is 41.9 Å². The van der Waals surface area contributed by atoms with Gasteiger partial charge in [0.15, 0.2) is 5.15 Å². The molecular formula is C8H11ClN4. The maximum atomic E-state index is 5.92. The van der Waals surface area contributed by atoms with Crippen molar-refractivity contribution in [2.45, 2.75) is 12.3 Å². The number of hydrogen-bond donors (Lipinski definition) is 0. The summed E-state index contributed by atoms with van der Waals surface area (Å²) < 4.78 is 0. The lowest BCUT2D eigenvalue weighted by molar-refractivity contribution is 0.410. The van der Waals surface area contributed by atoms with Gasteiger partial charge in [-0.3, -0.25) is 0 Å². The highest BCUT2D eigenvalue weighted by Crippen LogP contribution is 2.27. The van der Waals surface area contributed by atoms with Crippen LogP contribution in [0.15, 0.2) is 6.33 Å². The zero-order chi connectivity index (χ0) is 9.26. The van der Waals surface area contributed by atoms with Crippen LogP contribution < -0.4 is 0 Å². The van der Waals surface area contributed by atoms with Gasteiger partial charge in [0, 0.05) is 12.5 Å². The van der Waals surface area contributed by atoms with Gasteiger partial charge in [0.05, 0.1) is 0 Å². The van der Waals surface area contributed by atoms with Gasteiger partial charge in [0.2, 0.25) is 0 Å². The predicted octanol–water partition coefficient (Wildman–Crippen LogP) is 0.944. The second-order valence-corrected chi connectivity index (χ2v) is 3.74. The van der Waals surface area contributed by atoms with E-state index in [2.05, 4.69) is 27.1 Å². The summed E-state index contributed by atoms with van der Waals surface area (Å²) in [6.07, 6.45) is 2.47. The van der Waals surface area contributed by atoms with Crippen molar-refractivity contribution >= 4 is 11.6 Å². The van der Waals surface area contributed by atoms with Gasteiger partial charge in [-0.05, 0) is 20.0 Å². The Morgan fingerprint density at radius 3 is 3.08 bits per heavy atom. The highest BCUT2D eigenvalue weighted by molar-refractivity contribution is 6.30. The minimum Gasteiger partial charge on any atom is -0.306 e. The Kier molecular flexibility index (Phi) is 2.42. The summed E-state index contributed by atoms with van der Waals surface area (Å²) in [6, 6.07) is 0. The van der Waals surface area contributed by atoms with Gasteiger partial charge in [0.25, 0.3) is 0 Å². The lowest BCUT2D eigenvalue weighted by atomic mass is 10.1. The van der Waals surface area contributed by atoms with Crippen LogP contribution in [0, 0.1) is 0 Å². The van der Waals surface area contributed by atoms with Gasteiger partial charge >= 0.3 is 0 Å². The molecule has 4 nitrogen and oxygen atoms in total. The number of hydrogen-bond acceptors (Lipinski definition) is 4. The first kappa shape index (κ1) is 8.84. The largest absolute Gasteiger partial charge is 0.306 e. The standard InChI is InChI=1S/C8H11ClN4/c1-13-3-2-6(4-13)7-8(9)10-5-11-12-7/h5-6H,2-4H2,1H3. The summed E-state index contributed by atoms with van der Waals surface area (Å²) in [4.78, 5) is 6.18. The Bertz CT molecular complexity index is 304. The van der Waals surface area contributed by atoms with Crippen LogP contribution in [0.2, 0.25) is 5.15 Å². The molecule has 0 bridgehead atoms. The van der Waals surface area contributed by atoms with Crippen molar-refractivity contribution in [1.82, 2.24) is 20.1 Å². The predicted molar refractivity (Wildman–Crippen MR) is 49.7 cm³/mol. The monoisotopic (exact) mass is 198 g/mol. The molecule has 1 aliphatic heterocycles. The van der Waals surface area contributed by atoms with Gasteiger partial charge in [0.1, 0.15) is 12.0 Å². The van der Waals surface area contributed by atoms with Crippen molar-refractivity contribution in [2.24, 2.45) is 0 Å². The maximum absolute atomic E-state index is 5.92. The third-order valence-corrected chi connectivity index (χ3v) is 2.67. The quantitative estimate of drug-likeness (QED) is 0.674. The lowest BCUT2D eigenvalue weighted by Gasteiger charge is -2.09. The highest BCUT2D eigenvalue weighted by atomic mass is 35.5. The molecular weight excluding hydrogens is 188 g/mol. The summed E-state index contributed by atoms with van der Waals surface area (Å²) in [5, 5.41) is 8.27. The van der Waals surface area contributed by atoms with E-state index in [9.17, 15) is 0 Å². The molecule has 1 saturated heterocycles. The summed E-state index contributed by atoms with van der Waals surface area (Å²) >= 11 is 5.92. The van der Waals surface area contributed by atoms with E-state index in [0.717, 1.165) is 25.2 Å².